The van der Waals surface area contributed by atoms with Gasteiger partial charge in [-0.25, -0.2) is 9.59 Å². The van der Waals surface area contributed by atoms with Crippen molar-refractivity contribution in [1.29, 1.82) is 0 Å². The number of hydrogen-bond acceptors (Lipinski definition) is 5. The average Bonchev–Trinajstić information content (AvgIpc) is 2.75. The summed E-state index contributed by atoms with van der Waals surface area (Å²) in [6.07, 6.45) is 1.55. The van der Waals surface area contributed by atoms with Gasteiger partial charge in [-0.3, -0.25) is 0 Å². The van der Waals surface area contributed by atoms with E-state index in [1.807, 2.05) is 19.9 Å². The van der Waals surface area contributed by atoms with E-state index in [9.17, 15) is 9.59 Å². The summed E-state index contributed by atoms with van der Waals surface area (Å²) in [5, 5.41) is 0. The minimum atomic E-state index is -2.14. The lowest BCUT2D eigenvalue weighted by Gasteiger charge is -2.25. The lowest BCUT2D eigenvalue weighted by Crippen LogP contribution is -2.38. The molecule has 0 saturated heterocycles. The molecule has 0 aliphatic carbocycles. The second kappa shape index (κ2) is 7.17. The van der Waals surface area contributed by atoms with Gasteiger partial charge in [0.15, 0.2) is 0 Å². The standard InChI is InChI=1S/C16H22O5Si/c1-4-19-22(3,20-5-2)11-7-9-12-8-6-10-13-14(12)16(18)21-15(13)17/h6,8,10H,4-5,7,9,11H2,1-3H3. The van der Waals surface area contributed by atoms with E-state index in [4.69, 9.17) is 8.85 Å². The maximum atomic E-state index is 11.8. The van der Waals surface area contributed by atoms with Crippen molar-refractivity contribution in [2.45, 2.75) is 39.3 Å². The Morgan fingerprint density at radius 3 is 2.41 bits per heavy atom. The van der Waals surface area contributed by atoms with Crippen molar-refractivity contribution in [1.82, 2.24) is 0 Å². The number of esters is 2. The third kappa shape index (κ3) is 3.63. The molecule has 2 rings (SSSR count). The SMILES string of the molecule is CCO[Si](C)(CCCc1cccc2c1C(=O)OC2=O)OCC. The van der Waals surface area contributed by atoms with E-state index < -0.39 is 20.5 Å². The lowest BCUT2D eigenvalue weighted by molar-refractivity contribution is 0.0443. The summed E-state index contributed by atoms with van der Waals surface area (Å²) in [4.78, 5) is 23.3. The first kappa shape index (κ1) is 16.9. The van der Waals surface area contributed by atoms with Crippen LogP contribution in [0.4, 0.5) is 0 Å². The first-order chi connectivity index (χ1) is 10.5. The minimum absolute atomic E-state index is 0.372. The van der Waals surface area contributed by atoms with E-state index in [0.29, 0.717) is 30.8 Å². The molecule has 0 aromatic heterocycles. The van der Waals surface area contributed by atoms with Crippen molar-refractivity contribution in [3.8, 4) is 0 Å². The highest BCUT2D eigenvalue weighted by molar-refractivity contribution is 6.66. The maximum absolute atomic E-state index is 11.8. The van der Waals surface area contributed by atoms with Gasteiger partial charge in [0.2, 0.25) is 0 Å². The normalized spacial score (nSPS) is 14.1. The van der Waals surface area contributed by atoms with Crippen LogP contribution in [0.15, 0.2) is 18.2 Å². The van der Waals surface area contributed by atoms with Crippen LogP contribution in [0.2, 0.25) is 12.6 Å². The molecule has 0 saturated carbocycles. The predicted molar refractivity (Wildman–Crippen MR) is 84.2 cm³/mol. The molecule has 120 valence electrons. The number of hydrogen-bond donors (Lipinski definition) is 0. The largest absolute Gasteiger partial charge is 0.395 e. The molecule has 0 atom stereocenters. The van der Waals surface area contributed by atoms with Gasteiger partial charge in [-0.05, 0) is 50.9 Å². The van der Waals surface area contributed by atoms with Gasteiger partial charge < -0.3 is 13.6 Å². The van der Waals surface area contributed by atoms with Crippen LogP contribution in [-0.4, -0.2) is 33.7 Å². The number of fused-ring (bicyclic) bond motifs is 1. The Balaban J connectivity index is 2.04. The fraction of sp³-hybridized carbons (Fsp3) is 0.500. The third-order valence-corrected chi connectivity index (χ3v) is 6.80. The summed E-state index contributed by atoms with van der Waals surface area (Å²) in [6, 6.07) is 6.14. The van der Waals surface area contributed by atoms with E-state index in [-0.39, 0.29) is 0 Å². The lowest BCUT2D eigenvalue weighted by atomic mass is 9.99. The van der Waals surface area contributed by atoms with Gasteiger partial charge in [0.25, 0.3) is 0 Å². The molecule has 1 aliphatic rings. The summed E-state index contributed by atoms with van der Waals surface area (Å²) >= 11 is 0. The number of cyclic esters (lactones) is 2. The molecule has 0 spiro atoms. The molecule has 1 aromatic rings. The van der Waals surface area contributed by atoms with E-state index in [2.05, 4.69) is 11.3 Å². The molecule has 6 heteroatoms. The molecule has 1 aliphatic heterocycles. The Kier molecular flexibility index (Phi) is 5.50. The van der Waals surface area contributed by atoms with Gasteiger partial charge in [-0.1, -0.05) is 12.1 Å². The Morgan fingerprint density at radius 1 is 1.09 bits per heavy atom. The summed E-state index contributed by atoms with van der Waals surface area (Å²) in [7, 11) is -2.14. The molecule has 0 N–H and O–H groups in total. The number of ether oxygens (including phenoxy) is 1. The average molecular weight is 322 g/mol. The zero-order valence-electron chi connectivity index (χ0n) is 13.3. The zero-order chi connectivity index (χ0) is 16.2. The highest BCUT2D eigenvalue weighted by Crippen LogP contribution is 2.26. The van der Waals surface area contributed by atoms with Crippen LogP contribution in [0.1, 0.15) is 46.5 Å². The Hall–Kier alpha value is -1.50. The van der Waals surface area contributed by atoms with Crippen LogP contribution in [0.3, 0.4) is 0 Å². The van der Waals surface area contributed by atoms with E-state index >= 15 is 0 Å². The van der Waals surface area contributed by atoms with Crippen molar-refractivity contribution in [2.24, 2.45) is 0 Å². The maximum Gasteiger partial charge on any atom is 0.347 e. The van der Waals surface area contributed by atoms with Crippen LogP contribution >= 0.6 is 0 Å². The highest BCUT2D eigenvalue weighted by Gasteiger charge is 2.33. The first-order valence-electron chi connectivity index (χ1n) is 7.67. The molecular formula is C16H22O5Si. The van der Waals surface area contributed by atoms with Crippen LogP contribution in [-0.2, 0) is 20.0 Å². The number of rotatable bonds is 8. The smallest absolute Gasteiger partial charge is 0.347 e. The van der Waals surface area contributed by atoms with Gasteiger partial charge >= 0.3 is 20.5 Å². The predicted octanol–water partition coefficient (Wildman–Crippen LogP) is 3.07. The van der Waals surface area contributed by atoms with Crippen LogP contribution in [0, 0.1) is 0 Å². The molecule has 1 aromatic carbocycles. The minimum Gasteiger partial charge on any atom is -0.395 e. The molecule has 0 amide bonds. The van der Waals surface area contributed by atoms with Crippen molar-refractivity contribution >= 4 is 20.5 Å². The molecule has 0 fully saturated rings. The molecular weight excluding hydrogens is 300 g/mol. The van der Waals surface area contributed by atoms with Gasteiger partial charge in [0.05, 0.1) is 11.1 Å². The topological polar surface area (TPSA) is 61.8 Å². The van der Waals surface area contributed by atoms with Gasteiger partial charge in [-0.2, -0.15) is 0 Å². The van der Waals surface area contributed by atoms with E-state index in [1.54, 1.807) is 12.1 Å². The van der Waals surface area contributed by atoms with Crippen LogP contribution in [0.5, 0.6) is 0 Å². The van der Waals surface area contributed by atoms with E-state index in [0.717, 1.165) is 18.0 Å². The van der Waals surface area contributed by atoms with Crippen LogP contribution in [0.25, 0.3) is 0 Å². The van der Waals surface area contributed by atoms with E-state index in [1.165, 1.54) is 0 Å². The number of benzene rings is 1. The first-order valence-corrected chi connectivity index (χ1v) is 10.2. The molecule has 0 bridgehead atoms. The molecule has 0 radical (unpaired) electrons. The van der Waals surface area contributed by atoms with Crippen molar-refractivity contribution in [3.05, 3.63) is 34.9 Å². The van der Waals surface area contributed by atoms with Crippen molar-refractivity contribution in [2.75, 3.05) is 13.2 Å². The zero-order valence-corrected chi connectivity index (χ0v) is 14.3. The Morgan fingerprint density at radius 2 is 1.77 bits per heavy atom. The monoisotopic (exact) mass is 322 g/mol. The fourth-order valence-corrected chi connectivity index (χ4v) is 5.22. The molecule has 22 heavy (non-hydrogen) atoms. The summed E-state index contributed by atoms with van der Waals surface area (Å²) in [5.41, 5.74) is 1.65. The summed E-state index contributed by atoms with van der Waals surface area (Å²) < 4.78 is 16.3. The van der Waals surface area contributed by atoms with Gasteiger partial charge in [0.1, 0.15) is 0 Å². The van der Waals surface area contributed by atoms with Crippen molar-refractivity contribution in [3.63, 3.8) is 0 Å². The quantitative estimate of drug-likeness (QED) is 0.418. The van der Waals surface area contributed by atoms with Gasteiger partial charge in [0, 0.05) is 13.2 Å². The van der Waals surface area contributed by atoms with Crippen LogP contribution < -0.4 is 0 Å². The number of carbonyl (C=O) groups is 2. The summed E-state index contributed by atoms with van der Waals surface area (Å²) in [6.45, 7) is 7.29. The number of carbonyl (C=O) groups excluding carboxylic acids is 2. The molecule has 0 unspecified atom stereocenters. The van der Waals surface area contributed by atoms with Gasteiger partial charge in [-0.15, -0.1) is 0 Å². The second-order valence-electron chi connectivity index (χ2n) is 5.37. The molecule has 5 nitrogen and oxygen atoms in total. The summed E-state index contributed by atoms with van der Waals surface area (Å²) in [5.74, 6) is -1.09. The molecule has 1 heterocycles. The fourth-order valence-electron chi connectivity index (χ4n) is 2.81. The second-order valence-corrected chi connectivity index (χ2v) is 8.72. The number of aryl methyl sites for hydroxylation is 1. The third-order valence-electron chi connectivity index (χ3n) is 3.74. The Bertz CT molecular complexity index is 564. The Labute approximate surface area is 131 Å². The highest BCUT2D eigenvalue weighted by atomic mass is 28.4. The van der Waals surface area contributed by atoms with Crippen molar-refractivity contribution < 1.29 is 23.2 Å².